The Morgan fingerprint density at radius 3 is 2.64 bits per heavy atom. The first-order chi connectivity index (χ1) is 10.7. The number of halogens is 1. The second kappa shape index (κ2) is 6.46. The lowest BCUT2D eigenvalue weighted by molar-refractivity contribution is 0.744. The Balaban J connectivity index is 2.09. The Morgan fingerprint density at radius 2 is 1.95 bits per heavy atom. The maximum absolute atomic E-state index is 5.97. The number of nitrogens with zero attached hydrogens (tertiary/aromatic N) is 3. The minimum atomic E-state index is 0.742. The van der Waals surface area contributed by atoms with E-state index in [2.05, 4.69) is 26.8 Å². The standard InChI is InChI=1S/C17H16ClN3S/c1-3-21-15(13-7-9-14(18)10-8-13)11-22-17(21)20-16-6-4-5-12(2)19-16/h4-11H,3H2,1-2H3/b20-17-. The van der Waals surface area contributed by atoms with Crippen molar-refractivity contribution < 1.29 is 0 Å². The lowest BCUT2D eigenvalue weighted by Gasteiger charge is -2.06. The summed E-state index contributed by atoms with van der Waals surface area (Å²) in [5, 5.41) is 2.87. The molecule has 3 rings (SSSR count). The van der Waals surface area contributed by atoms with Crippen molar-refractivity contribution in [3.8, 4) is 11.3 Å². The number of aromatic nitrogens is 2. The Labute approximate surface area is 138 Å². The van der Waals surface area contributed by atoms with Crippen LogP contribution in [0.3, 0.4) is 0 Å². The fourth-order valence-electron chi connectivity index (χ4n) is 2.26. The second-order valence-corrected chi connectivity index (χ2v) is 6.18. The van der Waals surface area contributed by atoms with Gasteiger partial charge in [0.2, 0.25) is 0 Å². The zero-order valence-electron chi connectivity index (χ0n) is 12.5. The molecule has 0 aliphatic heterocycles. The summed E-state index contributed by atoms with van der Waals surface area (Å²) in [5.74, 6) is 0.742. The van der Waals surface area contributed by atoms with E-state index in [1.54, 1.807) is 11.3 Å². The Morgan fingerprint density at radius 1 is 1.18 bits per heavy atom. The van der Waals surface area contributed by atoms with Crippen LogP contribution in [0.1, 0.15) is 12.6 Å². The normalized spacial score (nSPS) is 11.9. The van der Waals surface area contributed by atoms with Gasteiger partial charge in [-0.2, -0.15) is 0 Å². The predicted molar refractivity (Wildman–Crippen MR) is 92.6 cm³/mol. The van der Waals surface area contributed by atoms with Gasteiger partial charge in [-0.1, -0.05) is 29.8 Å². The molecule has 3 nitrogen and oxygen atoms in total. The van der Waals surface area contributed by atoms with Gasteiger partial charge in [-0.3, -0.25) is 0 Å². The number of rotatable bonds is 3. The molecular weight excluding hydrogens is 314 g/mol. The molecule has 0 atom stereocenters. The first-order valence-corrected chi connectivity index (χ1v) is 8.36. The quantitative estimate of drug-likeness (QED) is 0.677. The largest absolute Gasteiger partial charge is 0.317 e. The van der Waals surface area contributed by atoms with Crippen LogP contribution in [0.5, 0.6) is 0 Å². The van der Waals surface area contributed by atoms with Gasteiger partial charge < -0.3 is 4.57 Å². The van der Waals surface area contributed by atoms with Crippen molar-refractivity contribution in [3.05, 3.63) is 63.4 Å². The second-order valence-electron chi connectivity index (χ2n) is 4.90. The number of aryl methyl sites for hydroxylation is 1. The summed E-state index contributed by atoms with van der Waals surface area (Å²) in [5.41, 5.74) is 3.26. The summed E-state index contributed by atoms with van der Waals surface area (Å²) >= 11 is 7.59. The maximum atomic E-state index is 5.97. The number of hydrogen-bond donors (Lipinski definition) is 0. The molecular formula is C17H16ClN3S. The van der Waals surface area contributed by atoms with Gasteiger partial charge in [0.15, 0.2) is 10.6 Å². The summed E-state index contributed by atoms with van der Waals surface area (Å²) in [4.78, 5) is 10.1. The third-order valence-electron chi connectivity index (χ3n) is 3.34. The molecule has 0 aliphatic carbocycles. The van der Waals surface area contributed by atoms with E-state index in [1.165, 1.54) is 0 Å². The zero-order valence-corrected chi connectivity index (χ0v) is 14.0. The molecule has 112 valence electrons. The van der Waals surface area contributed by atoms with Crippen LogP contribution in [0, 0.1) is 6.92 Å². The maximum Gasteiger partial charge on any atom is 0.191 e. The number of hydrogen-bond acceptors (Lipinski definition) is 3. The fraction of sp³-hybridized carbons (Fsp3) is 0.176. The molecule has 0 fully saturated rings. The van der Waals surface area contributed by atoms with Crippen molar-refractivity contribution in [2.45, 2.75) is 20.4 Å². The summed E-state index contributed by atoms with van der Waals surface area (Å²) in [7, 11) is 0. The monoisotopic (exact) mass is 329 g/mol. The van der Waals surface area contributed by atoms with E-state index in [1.807, 2.05) is 49.4 Å². The summed E-state index contributed by atoms with van der Waals surface area (Å²) in [6, 6.07) is 13.8. The van der Waals surface area contributed by atoms with Gasteiger partial charge in [-0.05, 0) is 43.7 Å². The van der Waals surface area contributed by atoms with E-state index in [-0.39, 0.29) is 0 Å². The van der Waals surface area contributed by atoms with Crippen LogP contribution >= 0.6 is 22.9 Å². The molecule has 2 heterocycles. The Bertz CT molecular complexity index is 847. The van der Waals surface area contributed by atoms with Crippen LogP contribution in [0.2, 0.25) is 5.02 Å². The third-order valence-corrected chi connectivity index (χ3v) is 4.45. The fourth-order valence-corrected chi connectivity index (χ4v) is 3.37. The molecule has 0 aliphatic rings. The average molecular weight is 330 g/mol. The molecule has 5 heteroatoms. The molecule has 0 N–H and O–H groups in total. The lowest BCUT2D eigenvalue weighted by Crippen LogP contribution is -2.14. The molecule has 0 unspecified atom stereocenters. The van der Waals surface area contributed by atoms with Crippen LogP contribution < -0.4 is 4.80 Å². The molecule has 0 amide bonds. The molecule has 3 aromatic rings. The van der Waals surface area contributed by atoms with E-state index in [0.29, 0.717) is 0 Å². The highest BCUT2D eigenvalue weighted by molar-refractivity contribution is 7.07. The summed E-state index contributed by atoms with van der Waals surface area (Å²) in [6.45, 7) is 4.95. The van der Waals surface area contributed by atoms with Gasteiger partial charge in [-0.25, -0.2) is 9.98 Å². The molecule has 0 saturated heterocycles. The average Bonchev–Trinajstić information content (AvgIpc) is 2.90. The van der Waals surface area contributed by atoms with Gasteiger partial charge in [-0.15, -0.1) is 11.3 Å². The Hall–Kier alpha value is -1.91. The van der Waals surface area contributed by atoms with Crippen LogP contribution in [0.4, 0.5) is 5.82 Å². The molecule has 0 saturated carbocycles. The SMILES string of the molecule is CCn1c(-c2ccc(Cl)cc2)cs/c1=N\c1cccc(C)n1. The lowest BCUT2D eigenvalue weighted by atomic mass is 10.2. The number of benzene rings is 1. The highest BCUT2D eigenvalue weighted by atomic mass is 35.5. The van der Waals surface area contributed by atoms with Gasteiger partial charge >= 0.3 is 0 Å². The Kier molecular flexibility index (Phi) is 4.41. The van der Waals surface area contributed by atoms with Crippen molar-refractivity contribution in [1.82, 2.24) is 9.55 Å². The topological polar surface area (TPSA) is 30.2 Å². The first kappa shape index (κ1) is 15.0. The van der Waals surface area contributed by atoms with Crippen LogP contribution in [-0.2, 0) is 6.54 Å². The number of pyridine rings is 1. The van der Waals surface area contributed by atoms with Crippen molar-refractivity contribution >= 4 is 28.8 Å². The van der Waals surface area contributed by atoms with E-state index < -0.39 is 0 Å². The first-order valence-electron chi connectivity index (χ1n) is 7.10. The van der Waals surface area contributed by atoms with Crippen molar-refractivity contribution in [1.29, 1.82) is 0 Å². The molecule has 22 heavy (non-hydrogen) atoms. The minimum absolute atomic E-state index is 0.742. The number of thiazole rings is 1. The minimum Gasteiger partial charge on any atom is -0.317 e. The summed E-state index contributed by atoms with van der Waals surface area (Å²) in [6.07, 6.45) is 0. The van der Waals surface area contributed by atoms with Gasteiger partial charge in [0.05, 0.1) is 5.69 Å². The highest BCUT2D eigenvalue weighted by Gasteiger charge is 2.07. The van der Waals surface area contributed by atoms with Crippen LogP contribution in [0.25, 0.3) is 11.3 Å². The summed E-state index contributed by atoms with van der Waals surface area (Å²) < 4.78 is 2.19. The molecule has 0 bridgehead atoms. The predicted octanol–water partition coefficient (Wildman–Crippen LogP) is 4.83. The molecule has 0 radical (unpaired) electrons. The highest BCUT2D eigenvalue weighted by Crippen LogP contribution is 2.22. The van der Waals surface area contributed by atoms with Crippen molar-refractivity contribution in [3.63, 3.8) is 0 Å². The van der Waals surface area contributed by atoms with Crippen LogP contribution in [-0.4, -0.2) is 9.55 Å². The third kappa shape index (κ3) is 3.13. The van der Waals surface area contributed by atoms with Gasteiger partial charge in [0, 0.05) is 22.6 Å². The molecule has 1 aromatic carbocycles. The smallest absolute Gasteiger partial charge is 0.191 e. The van der Waals surface area contributed by atoms with Crippen molar-refractivity contribution in [2.75, 3.05) is 0 Å². The molecule has 2 aromatic heterocycles. The van der Waals surface area contributed by atoms with Gasteiger partial charge in [0.1, 0.15) is 0 Å². The van der Waals surface area contributed by atoms with E-state index in [4.69, 9.17) is 11.6 Å². The van der Waals surface area contributed by atoms with Gasteiger partial charge in [0.25, 0.3) is 0 Å². The zero-order chi connectivity index (χ0) is 15.5. The van der Waals surface area contributed by atoms with E-state index in [9.17, 15) is 0 Å². The van der Waals surface area contributed by atoms with E-state index in [0.717, 1.165) is 39.1 Å². The molecule has 0 spiro atoms. The van der Waals surface area contributed by atoms with Crippen LogP contribution in [0.15, 0.2) is 52.8 Å². The van der Waals surface area contributed by atoms with E-state index >= 15 is 0 Å². The van der Waals surface area contributed by atoms with Crippen molar-refractivity contribution in [2.24, 2.45) is 4.99 Å².